The van der Waals surface area contributed by atoms with E-state index in [-0.39, 0.29) is 5.69 Å². The quantitative estimate of drug-likeness (QED) is 0.737. The highest BCUT2D eigenvalue weighted by Gasteiger charge is 2.17. The molecule has 0 spiro atoms. The van der Waals surface area contributed by atoms with E-state index in [2.05, 4.69) is 13.2 Å². The summed E-state index contributed by atoms with van der Waals surface area (Å²) < 4.78 is 2.34. The molecule has 0 aliphatic heterocycles. The Kier molecular flexibility index (Phi) is 4.14. The highest BCUT2D eigenvalue weighted by atomic mass is 16.2. The standard InChI is InChI=1S/C12H18N4O2/c1-5-7-16(8-6-2)10-9(13)11(17)15(4)12(18)14(10)3/h5-6H,1-2,7-8,13H2,3-4H3. The van der Waals surface area contributed by atoms with Crippen LogP contribution in [0.2, 0.25) is 0 Å². The molecule has 0 atom stereocenters. The zero-order valence-electron chi connectivity index (χ0n) is 10.7. The van der Waals surface area contributed by atoms with E-state index in [0.29, 0.717) is 18.9 Å². The van der Waals surface area contributed by atoms with E-state index in [9.17, 15) is 9.59 Å². The molecule has 6 heteroatoms. The highest BCUT2D eigenvalue weighted by Crippen LogP contribution is 2.16. The molecule has 0 amide bonds. The maximum Gasteiger partial charge on any atom is 0.332 e. The van der Waals surface area contributed by atoms with E-state index in [4.69, 9.17) is 5.73 Å². The van der Waals surface area contributed by atoms with Gasteiger partial charge >= 0.3 is 5.69 Å². The molecule has 98 valence electrons. The van der Waals surface area contributed by atoms with Gasteiger partial charge in [0.15, 0.2) is 0 Å². The number of anilines is 2. The second-order valence-corrected chi connectivity index (χ2v) is 3.93. The third-order valence-corrected chi connectivity index (χ3v) is 2.67. The molecule has 18 heavy (non-hydrogen) atoms. The predicted molar refractivity (Wildman–Crippen MR) is 73.9 cm³/mol. The Morgan fingerprint density at radius 2 is 1.67 bits per heavy atom. The van der Waals surface area contributed by atoms with Crippen molar-refractivity contribution >= 4 is 11.5 Å². The van der Waals surface area contributed by atoms with Crippen molar-refractivity contribution in [2.75, 3.05) is 23.7 Å². The second-order valence-electron chi connectivity index (χ2n) is 3.93. The molecular formula is C12H18N4O2. The van der Waals surface area contributed by atoms with Crippen LogP contribution in [0.25, 0.3) is 0 Å². The van der Waals surface area contributed by atoms with Crippen LogP contribution in [-0.4, -0.2) is 22.2 Å². The summed E-state index contributed by atoms with van der Waals surface area (Å²) in [6.07, 6.45) is 3.34. The zero-order chi connectivity index (χ0) is 13.9. The van der Waals surface area contributed by atoms with Gasteiger partial charge in [0.25, 0.3) is 5.56 Å². The van der Waals surface area contributed by atoms with E-state index in [1.54, 1.807) is 24.1 Å². The van der Waals surface area contributed by atoms with Crippen molar-refractivity contribution in [2.24, 2.45) is 14.1 Å². The first-order valence-electron chi connectivity index (χ1n) is 5.47. The fourth-order valence-electron chi connectivity index (χ4n) is 1.80. The average Bonchev–Trinajstić information content (AvgIpc) is 2.35. The number of hydrogen-bond donors (Lipinski definition) is 1. The SMILES string of the molecule is C=CCN(CC=C)c1c(N)c(=O)n(C)c(=O)n1C. The van der Waals surface area contributed by atoms with Crippen molar-refractivity contribution in [1.82, 2.24) is 9.13 Å². The van der Waals surface area contributed by atoms with Gasteiger partial charge in [-0.2, -0.15) is 0 Å². The molecule has 6 nitrogen and oxygen atoms in total. The number of rotatable bonds is 5. The summed E-state index contributed by atoms with van der Waals surface area (Å²) >= 11 is 0. The van der Waals surface area contributed by atoms with Crippen LogP contribution in [0.15, 0.2) is 34.9 Å². The minimum absolute atomic E-state index is 0.0447. The fraction of sp³-hybridized carbons (Fsp3) is 0.333. The third-order valence-electron chi connectivity index (χ3n) is 2.67. The molecule has 1 heterocycles. The van der Waals surface area contributed by atoms with Crippen LogP contribution in [0.3, 0.4) is 0 Å². The summed E-state index contributed by atoms with van der Waals surface area (Å²) in [7, 11) is 2.97. The van der Waals surface area contributed by atoms with Gasteiger partial charge in [0.05, 0.1) is 0 Å². The lowest BCUT2D eigenvalue weighted by molar-refractivity contribution is 0.676. The molecule has 1 aromatic rings. The van der Waals surface area contributed by atoms with Crippen molar-refractivity contribution in [3.8, 4) is 0 Å². The molecule has 0 radical (unpaired) electrons. The smallest absolute Gasteiger partial charge is 0.332 e. The van der Waals surface area contributed by atoms with Crippen LogP contribution in [0.5, 0.6) is 0 Å². The van der Waals surface area contributed by atoms with E-state index in [0.717, 1.165) is 4.57 Å². The van der Waals surface area contributed by atoms with E-state index >= 15 is 0 Å². The minimum Gasteiger partial charge on any atom is -0.391 e. The number of nitrogen functional groups attached to an aromatic ring is 1. The van der Waals surface area contributed by atoms with Crippen LogP contribution < -0.4 is 21.9 Å². The molecule has 0 saturated carbocycles. The van der Waals surface area contributed by atoms with E-state index in [1.807, 2.05) is 0 Å². The average molecular weight is 250 g/mol. The van der Waals surface area contributed by atoms with Crippen molar-refractivity contribution in [3.05, 3.63) is 46.1 Å². The van der Waals surface area contributed by atoms with Gasteiger partial charge in [-0.25, -0.2) is 4.79 Å². The van der Waals surface area contributed by atoms with Crippen LogP contribution in [-0.2, 0) is 14.1 Å². The first kappa shape index (κ1) is 13.8. The summed E-state index contributed by atoms with van der Waals surface area (Å²) in [5.74, 6) is 0.392. The molecule has 2 N–H and O–H groups in total. The zero-order valence-corrected chi connectivity index (χ0v) is 10.7. The maximum atomic E-state index is 11.9. The molecule has 0 saturated heterocycles. The van der Waals surface area contributed by atoms with Crippen LogP contribution >= 0.6 is 0 Å². The normalized spacial score (nSPS) is 10.1. The molecule has 0 aliphatic carbocycles. The summed E-state index contributed by atoms with van der Waals surface area (Å²) in [5.41, 5.74) is 4.95. The Bertz CT molecular complexity index is 536. The van der Waals surface area contributed by atoms with E-state index in [1.165, 1.54) is 11.6 Å². The molecule has 0 fully saturated rings. The van der Waals surface area contributed by atoms with Crippen LogP contribution in [0.4, 0.5) is 11.5 Å². The van der Waals surface area contributed by atoms with Gasteiger partial charge < -0.3 is 10.6 Å². The van der Waals surface area contributed by atoms with Gasteiger partial charge in [-0.15, -0.1) is 13.2 Å². The van der Waals surface area contributed by atoms with Crippen molar-refractivity contribution in [2.45, 2.75) is 0 Å². The monoisotopic (exact) mass is 250 g/mol. The van der Waals surface area contributed by atoms with Crippen LogP contribution in [0.1, 0.15) is 0 Å². The summed E-state index contributed by atoms with van der Waals surface area (Å²) in [4.78, 5) is 25.5. The Hall–Kier alpha value is -2.24. The second kappa shape index (κ2) is 5.39. The number of nitrogens with two attached hydrogens (primary N) is 1. The molecule has 0 unspecified atom stereocenters. The Balaban J connectivity index is 3.57. The van der Waals surface area contributed by atoms with Gasteiger partial charge in [-0.3, -0.25) is 13.9 Å². The summed E-state index contributed by atoms with van der Waals surface area (Å²) in [6, 6.07) is 0. The first-order chi connectivity index (χ1) is 8.45. The van der Waals surface area contributed by atoms with Crippen molar-refractivity contribution < 1.29 is 0 Å². The fourth-order valence-corrected chi connectivity index (χ4v) is 1.80. The first-order valence-corrected chi connectivity index (χ1v) is 5.47. The molecule has 0 aromatic carbocycles. The Morgan fingerprint density at radius 3 is 2.11 bits per heavy atom. The number of nitrogens with zero attached hydrogens (tertiary/aromatic N) is 3. The minimum atomic E-state index is -0.494. The highest BCUT2D eigenvalue weighted by molar-refractivity contribution is 5.62. The van der Waals surface area contributed by atoms with Gasteiger partial charge in [0.1, 0.15) is 11.5 Å². The molecule has 1 rings (SSSR count). The number of hydrogen-bond acceptors (Lipinski definition) is 4. The molecular weight excluding hydrogens is 232 g/mol. The number of aromatic nitrogens is 2. The Morgan fingerprint density at radius 1 is 1.17 bits per heavy atom. The van der Waals surface area contributed by atoms with Crippen LogP contribution in [0, 0.1) is 0 Å². The molecule has 0 aliphatic rings. The van der Waals surface area contributed by atoms with Crippen molar-refractivity contribution in [3.63, 3.8) is 0 Å². The lowest BCUT2D eigenvalue weighted by Gasteiger charge is -2.25. The van der Waals surface area contributed by atoms with Gasteiger partial charge in [0.2, 0.25) is 0 Å². The maximum absolute atomic E-state index is 11.9. The summed E-state index contributed by atoms with van der Waals surface area (Å²) in [5, 5.41) is 0. The Labute approximate surface area is 105 Å². The molecule has 0 bridgehead atoms. The predicted octanol–water partition coefficient (Wildman–Crippen LogP) is -0.155. The largest absolute Gasteiger partial charge is 0.391 e. The lowest BCUT2D eigenvalue weighted by Crippen LogP contribution is -2.42. The van der Waals surface area contributed by atoms with Crippen molar-refractivity contribution in [1.29, 1.82) is 0 Å². The molecule has 1 aromatic heterocycles. The topological polar surface area (TPSA) is 73.3 Å². The van der Waals surface area contributed by atoms with Gasteiger partial charge in [-0.05, 0) is 0 Å². The summed E-state index contributed by atoms with van der Waals surface area (Å²) in [6.45, 7) is 8.22. The van der Waals surface area contributed by atoms with E-state index < -0.39 is 11.2 Å². The lowest BCUT2D eigenvalue weighted by atomic mass is 10.3. The van der Waals surface area contributed by atoms with Gasteiger partial charge in [0, 0.05) is 27.2 Å². The van der Waals surface area contributed by atoms with Gasteiger partial charge in [-0.1, -0.05) is 12.2 Å². The third kappa shape index (κ3) is 2.22.